The Balaban J connectivity index is 2.57. The Morgan fingerprint density at radius 1 is 1.42 bits per heavy atom. The molecule has 0 saturated carbocycles. The molecule has 0 spiro atoms. The fraction of sp³-hybridized carbons (Fsp3) is 0.0769. The van der Waals surface area contributed by atoms with Gasteiger partial charge in [-0.1, -0.05) is 12.1 Å². The average Bonchev–Trinajstić information content (AvgIpc) is 2.64. The largest absolute Gasteiger partial charge is 0.478 e. The molecule has 6 heteroatoms. The summed E-state index contributed by atoms with van der Waals surface area (Å²) in [6.07, 6.45) is 4.52. The van der Waals surface area contributed by atoms with Crippen molar-refractivity contribution in [3.8, 4) is 0 Å². The van der Waals surface area contributed by atoms with Gasteiger partial charge in [-0.05, 0) is 23.8 Å². The molecular weight excluding hydrogens is 248 g/mol. The highest BCUT2D eigenvalue weighted by molar-refractivity contribution is 5.90. The summed E-state index contributed by atoms with van der Waals surface area (Å²) < 4.78 is 0. The van der Waals surface area contributed by atoms with Crippen LogP contribution in [0.3, 0.4) is 0 Å². The molecule has 0 saturated heterocycles. The average molecular weight is 258 g/mol. The van der Waals surface area contributed by atoms with Crippen molar-refractivity contribution in [2.24, 2.45) is 4.99 Å². The van der Waals surface area contributed by atoms with Crippen LogP contribution in [-0.4, -0.2) is 22.2 Å². The Labute approximate surface area is 108 Å². The molecule has 0 radical (unpaired) electrons. The molecule has 1 aliphatic heterocycles. The van der Waals surface area contributed by atoms with Crippen LogP contribution in [0.5, 0.6) is 0 Å². The van der Waals surface area contributed by atoms with E-state index in [-0.39, 0.29) is 17.7 Å². The second-order valence-corrected chi connectivity index (χ2v) is 3.85. The molecule has 1 aromatic carbocycles. The topological polar surface area (TPSA) is 92.8 Å². The van der Waals surface area contributed by atoms with E-state index < -0.39 is 10.9 Å². The zero-order valence-electron chi connectivity index (χ0n) is 9.81. The summed E-state index contributed by atoms with van der Waals surface area (Å²) in [5, 5.41) is 20.0. The number of rotatable bonds is 3. The van der Waals surface area contributed by atoms with Gasteiger partial charge in [-0.25, -0.2) is 4.79 Å². The maximum absolute atomic E-state index is 11.0. The lowest BCUT2D eigenvalue weighted by Crippen LogP contribution is -2.03. The van der Waals surface area contributed by atoms with Crippen LogP contribution in [0.2, 0.25) is 0 Å². The SMILES string of the molecule is O=C(O)c1cccc(C2=C([N+](=O)[O-])CC=NC=C2)c1. The summed E-state index contributed by atoms with van der Waals surface area (Å²) in [5.74, 6) is -1.07. The van der Waals surface area contributed by atoms with Crippen LogP contribution in [0.1, 0.15) is 22.3 Å². The van der Waals surface area contributed by atoms with Gasteiger partial charge in [-0.3, -0.25) is 15.1 Å². The van der Waals surface area contributed by atoms with Crippen LogP contribution in [0.25, 0.3) is 5.57 Å². The van der Waals surface area contributed by atoms with E-state index in [1.54, 1.807) is 12.1 Å². The number of nitrogens with zero attached hydrogens (tertiary/aromatic N) is 2. The number of hydrogen-bond acceptors (Lipinski definition) is 4. The summed E-state index contributed by atoms with van der Waals surface area (Å²) >= 11 is 0. The molecule has 1 aliphatic rings. The number of carboxylic acid groups (broad SMARTS) is 1. The highest BCUT2D eigenvalue weighted by atomic mass is 16.6. The molecule has 0 fully saturated rings. The summed E-state index contributed by atoms with van der Waals surface area (Å²) in [7, 11) is 0. The smallest absolute Gasteiger partial charge is 0.335 e. The Hall–Kier alpha value is -2.76. The van der Waals surface area contributed by atoms with E-state index in [0.29, 0.717) is 11.1 Å². The van der Waals surface area contributed by atoms with Crippen LogP contribution < -0.4 is 0 Å². The van der Waals surface area contributed by atoms with Crippen molar-refractivity contribution in [1.82, 2.24) is 0 Å². The number of carbonyl (C=O) groups is 1. The van der Waals surface area contributed by atoms with Crippen molar-refractivity contribution in [3.05, 3.63) is 63.5 Å². The highest BCUT2D eigenvalue weighted by Crippen LogP contribution is 2.25. The Kier molecular flexibility index (Phi) is 3.51. The molecule has 19 heavy (non-hydrogen) atoms. The van der Waals surface area contributed by atoms with Gasteiger partial charge in [0.2, 0.25) is 0 Å². The monoisotopic (exact) mass is 258 g/mol. The van der Waals surface area contributed by atoms with Gasteiger partial charge in [0.05, 0.1) is 22.5 Å². The third kappa shape index (κ3) is 2.74. The number of aromatic carboxylic acids is 1. The first-order chi connectivity index (χ1) is 9.09. The minimum absolute atomic E-state index is 0.0000359. The quantitative estimate of drug-likeness (QED) is 0.665. The molecule has 1 aromatic rings. The number of carboxylic acids is 1. The zero-order chi connectivity index (χ0) is 13.8. The second-order valence-electron chi connectivity index (χ2n) is 3.85. The molecule has 1 N–H and O–H groups in total. The van der Waals surface area contributed by atoms with Gasteiger partial charge in [0, 0.05) is 12.4 Å². The van der Waals surface area contributed by atoms with E-state index in [0.717, 1.165) is 0 Å². The summed E-state index contributed by atoms with van der Waals surface area (Å²) in [6, 6.07) is 6.05. The van der Waals surface area contributed by atoms with Gasteiger partial charge in [-0.15, -0.1) is 0 Å². The van der Waals surface area contributed by atoms with E-state index in [2.05, 4.69) is 4.99 Å². The number of nitro groups is 1. The first-order valence-corrected chi connectivity index (χ1v) is 5.49. The molecule has 0 aromatic heterocycles. The molecule has 0 unspecified atom stereocenters. The summed E-state index contributed by atoms with van der Waals surface area (Å²) in [5.41, 5.74) is 0.963. The third-order valence-corrected chi connectivity index (χ3v) is 2.67. The van der Waals surface area contributed by atoms with Crippen molar-refractivity contribution in [2.75, 3.05) is 0 Å². The van der Waals surface area contributed by atoms with Gasteiger partial charge < -0.3 is 5.11 Å². The van der Waals surface area contributed by atoms with Crippen LogP contribution in [0.4, 0.5) is 0 Å². The van der Waals surface area contributed by atoms with Crippen molar-refractivity contribution in [3.63, 3.8) is 0 Å². The van der Waals surface area contributed by atoms with Crippen LogP contribution >= 0.6 is 0 Å². The van der Waals surface area contributed by atoms with Crippen LogP contribution in [0.15, 0.2) is 47.2 Å². The van der Waals surface area contributed by atoms with E-state index >= 15 is 0 Å². The van der Waals surface area contributed by atoms with Crippen LogP contribution in [0, 0.1) is 10.1 Å². The molecule has 6 nitrogen and oxygen atoms in total. The molecular formula is C13H10N2O4. The molecule has 0 atom stereocenters. The first-order valence-electron chi connectivity index (χ1n) is 5.49. The van der Waals surface area contributed by atoms with Crippen molar-refractivity contribution in [1.29, 1.82) is 0 Å². The molecule has 0 amide bonds. The van der Waals surface area contributed by atoms with Gasteiger partial charge in [0.1, 0.15) is 0 Å². The number of allylic oxidation sites excluding steroid dienone is 3. The van der Waals surface area contributed by atoms with Crippen molar-refractivity contribution >= 4 is 17.8 Å². The Morgan fingerprint density at radius 2 is 2.21 bits per heavy atom. The summed E-state index contributed by atoms with van der Waals surface area (Å²) in [4.78, 5) is 25.4. The molecule has 2 rings (SSSR count). The first kappa shape index (κ1) is 12.7. The minimum Gasteiger partial charge on any atom is -0.478 e. The standard InChI is InChI=1S/C13H10N2O4/c16-13(17)10-3-1-2-9(8-10)11-4-6-14-7-5-12(11)15(18)19/h1-4,6-8H,5H2,(H,16,17). The maximum Gasteiger partial charge on any atom is 0.335 e. The van der Waals surface area contributed by atoms with Gasteiger partial charge >= 0.3 is 5.97 Å². The molecule has 0 bridgehead atoms. The third-order valence-electron chi connectivity index (χ3n) is 2.67. The number of hydrogen-bond donors (Lipinski definition) is 1. The molecule has 0 aliphatic carbocycles. The lowest BCUT2D eigenvalue weighted by atomic mass is 10.0. The molecule has 1 heterocycles. The minimum atomic E-state index is -1.07. The molecule has 96 valence electrons. The van der Waals surface area contributed by atoms with E-state index in [9.17, 15) is 14.9 Å². The van der Waals surface area contributed by atoms with E-state index in [1.807, 2.05) is 0 Å². The predicted molar refractivity (Wildman–Crippen MR) is 69.6 cm³/mol. The van der Waals surface area contributed by atoms with Gasteiger partial charge in [0.25, 0.3) is 5.70 Å². The number of aliphatic imine (C=N–C) groups is 1. The summed E-state index contributed by atoms with van der Waals surface area (Å²) in [6.45, 7) is 0. The fourth-order valence-corrected chi connectivity index (χ4v) is 1.78. The lowest BCUT2D eigenvalue weighted by Gasteiger charge is -2.04. The normalized spacial score (nSPS) is 14.3. The van der Waals surface area contributed by atoms with Crippen LogP contribution in [-0.2, 0) is 0 Å². The van der Waals surface area contributed by atoms with Crippen molar-refractivity contribution in [2.45, 2.75) is 6.42 Å². The lowest BCUT2D eigenvalue weighted by molar-refractivity contribution is -0.424. The zero-order valence-corrected chi connectivity index (χ0v) is 9.81. The Bertz CT molecular complexity index is 629. The predicted octanol–water partition coefficient (Wildman–Crippen LogP) is 2.36. The maximum atomic E-state index is 11.0. The van der Waals surface area contributed by atoms with Gasteiger partial charge in [-0.2, -0.15) is 0 Å². The number of benzene rings is 1. The van der Waals surface area contributed by atoms with E-state index in [4.69, 9.17) is 5.11 Å². The van der Waals surface area contributed by atoms with Crippen molar-refractivity contribution < 1.29 is 14.8 Å². The Morgan fingerprint density at radius 3 is 2.89 bits per heavy atom. The highest BCUT2D eigenvalue weighted by Gasteiger charge is 2.19. The second kappa shape index (κ2) is 5.26. The van der Waals surface area contributed by atoms with E-state index in [1.165, 1.54) is 30.6 Å². The fourth-order valence-electron chi connectivity index (χ4n) is 1.78. The van der Waals surface area contributed by atoms with Gasteiger partial charge in [0.15, 0.2) is 0 Å².